The first kappa shape index (κ1) is 18.7. The highest BCUT2D eigenvalue weighted by atomic mass is 35.5. The SMILES string of the molecule is Cc1cc(Cl)ccc1-n1nc(Cc2ccc(Cl)cc2Cl)c2c1NCCCC2. The molecule has 0 radical (unpaired) electrons. The first-order valence-electron chi connectivity index (χ1n) is 9.08. The molecule has 0 saturated heterocycles. The summed E-state index contributed by atoms with van der Waals surface area (Å²) in [5, 5.41) is 10.6. The van der Waals surface area contributed by atoms with Crippen LogP contribution in [-0.4, -0.2) is 16.3 Å². The summed E-state index contributed by atoms with van der Waals surface area (Å²) < 4.78 is 2.02. The maximum Gasteiger partial charge on any atom is 0.133 e. The molecule has 1 aromatic heterocycles. The van der Waals surface area contributed by atoms with Gasteiger partial charge in [0.1, 0.15) is 5.82 Å². The topological polar surface area (TPSA) is 29.9 Å². The molecular formula is C21H20Cl3N3. The van der Waals surface area contributed by atoms with Gasteiger partial charge in [-0.1, -0.05) is 40.9 Å². The minimum absolute atomic E-state index is 0.645. The average molecular weight is 421 g/mol. The fourth-order valence-corrected chi connectivity index (χ4v) is 4.29. The summed E-state index contributed by atoms with van der Waals surface area (Å²) >= 11 is 18.6. The Labute approximate surface area is 174 Å². The van der Waals surface area contributed by atoms with E-state index in [1.165, 1.54) is 5.56 Å². The predicted molar refractivity (Wildman–Crippen MR) is 114 cm³/mol. The van der Waals surface area contributed by atoms with E-state index in [1.54, 1.807) is 6.07 Å². The van der Waals surface area contributed by atoms with Crippen LogP contribution in [0, 0.1) is 6.92 Å². The van der Waals surface area contributed by atoms with Gasteiger partial charge in [-0.15, -0.1) is 0 Å². The fraction of sp³-hybridized carbons (Fsp3) is 0.286. The Kier molecular flexibility index (Phi) is 5.36. The van der Waals surface area contributed by atoms with Crippen LogP contribution in [0.15, 0.2) is 36.4 Å². The standard InChI is InChI=1S/C21H20Cl3N3/c1-13-10-15(22)7-8-20(13)27-21-17(4-2-3-9-25-21)19(26-27)11-14-5-6-16(23)12-18(14)24/h5-8,10,12,25H,2-4,9,11H2,1H3. The maximum atomic E-state index is 6.41. The molecule has 2 heterocycles. The van der Waals surface area contributed by atoms with Gasteiger partial charge < -0.3 is 5.32 Å². The lowest BCUT2D eigenvalue weighted by atomic mass is 10.0. The lowest BCUT2D eigenvalue weighted by Gasteiger charge is -2.11. The number of aryl methyl sites for hydroxylation is 1. The fourth-order valence-electron chi connectivity index (χ4n) is 3.59. The van der Waals surface area contributed by atoms with Gasteiger partial charge in [0, 0.05) is 33.6 Å². The van der Waals surface area contributed by atoms with Crippen LogP contribution in [0.5, 0.6) is 0 Å². The van der Waals surface area contributed by atoms with Crippen LogP contribution in [-0.2, 0) is 12.8 Å². The van der Waals surface area contributed by atoms with Crippen molar-refractivity contribution in [2.24, 2.45) is 0 Å². The normalized spacial score (nSPS) is 13.8. The number of hydrogen-bond acceptors (Lipinski definition) is 2. The van der Waals surface area contributed by atoms with Crippen molar-refractivity contribution in [3.8, 4) is 5.69 Å². The van der Waals surface area contributed by atoms with Crippen molar-refractivity contribution >= 4 is 40.6 Å². The molecule has 0 aliphatic carbocycles. The summed E-state index contributed by atoms with van der Waals surface area (Å²) in [6.07, 6.45) is 3.98. The van der Waals surface area contributed by atoms with E-state index >= 15 is 0 Å². The molecule has 1 aliphatic heterocycles. The van der Waals surface area contributed by atoms with E-state index < -0.39 is 0 Å². The van der Waals surface area contributed by atoms with Crippen molar-refractivity contribution in [1.29, 1.82) is 0 Å². The van der Waals surface area contributed by atoms with Crippen molar-refractivity contribution in [2.45, 2.75) is 32.6 Å². The van der Waals surface area contributed by atoms with Crippen LogP contribution in [0.1, 0.15) is 35.2 Å². The predicted octanol–water partition coefficient (Wildman–Crippen LogP) is 6.48. The number of benzene rings is 2. The van der Waals surface area contributed by atoms with Crippen LogP contribution in [0.3, 0.4) is 0 Å². The van der Waals surface area contributed by atoms with Crippen LogP contribution in [0.4, 0.5) is 5.82 Å². The van der Waals surface area contributed by atoms with E-state index in [1.807, 2.05) is 35.0 Å². The molecule has 0 saturated carbocycles. The summed E-state index contributed by atoms with van der Waals surface area (Å²) in [7, 11) is 0. The summed E-state index contributed by atoms with van der Waals surface area (Å²) in [6, 6.07) is 11.5. The Balaban J connectivity index is 1.81. The third-order valence-corrected chi connectivity index (χ3v) is 5.79. The quantitative estimate of drug-likeness (QED) is 0.525. The van der Waals surface area contributed by atoms with Gasteiger partial charge in [-0.25, -0.2) is 4.68 Å². The summed E-state index contributed by atoms with van der Waals surface area (Å²) in [4.78, 5) is 0. The smallest absolute Gasteiger partial charge is 0.133 e. The number of halogens is 3. The number of nitrogens with one attached hydrogen (secondary N) is 1. The van der Waals surface area contributed by atoms with Crippen molar-refractivity contribution < 1.29 is 0 Å². The van der Waals surface area contributed by atoms with Gasteiger partial charge in [0.15, 0.2) is 0 Å². The molecule has 0 bridgehead atoms. The van der Waals surface area contributed by atoms with E-state index in [4.69, 9.17) is 39.9 Å². The van der Waals surface area contributed by atoms with E-state index in [-0.39, 0.29) is 0 Å². The van der Waals surface area contributed by atoms with Crippen molar-refractivity contribution in [2.75, 3.05) is 11.9 Å². The molecule has 0 fully saturated rings. The number of aromatic nitrogens is 2. The molecule has 140 valence electrons. The molecule has 0 spiro atoms. The zero-order valence-corrected chi connectivity index (χ0v) is 17.3. The highest BCUT2D eigenvalue weighted by molar-refractivity contribution is 6.35. The number of anilines is 1. The van der Waals surface area contributed by atoms with Crippen LogP contribution in [0.25, 0.3) is 5.69 Å². The molecule has 0 atom stereocenters. The molecule has 1 N–H and O–H groups in total. The van der Waals surface area contributed by atoms with Gasteiger partial charge in [0.2, 0.25) is 0 Å². The zero-order valence-electron chi connectivity index (χ0n) is 15.0. The monoisotopic (exact) mass is 419 g/mol. The largest absolute Gasteiger partial charge is 0.370 e. The summed E-state index contributed by atoms with van der Waals surface area (Å²) in [5.41, 5.74) is 5.49. The van der Waals surface area contributed by atoms with Crippen molar-refractivity contribution in [1.82, 2.24) is 9.78 Å². The van der Waals surface area contributed by atoms with Gasteiger partial charge in [-0.3, -0.25) is 0 Å². The van der Waals surface area contributed by atoms with Crippen molar-refractivity contribution in [3.63, 3.8) is 0 Å². The molecule has 4 rings (SSSR count). The van der Waals surface area contributed by atoms with E-state index in [0.717, 1.165) is 59.2 Å². The number of fused-ring (bicyclic) bond motifs is 1. The minimum Gasteiger partial charge on any atom is -0.370 e. The molecule has 0 unspecified atom stereocenters. The second-order valence-electron chi connectivity index (χ2n) is 6.91. The number of hydrogen-bond donors (Lipinski definition) is 1. The molecular weight excluding hydrogens is 401 g/mol. The molecule has 3 nitrogen and oxygen atoms in total. The first-order chi connectivity index (χ1) is 13.0. The van der Waals surface area contributed by atoms with E-state index in [9.17, 15) is 0 Å². The van der Waals surface area contributed by atoms with Gasteiger partial charge in [0.25, 0.3) is 0 Å². The number of rotatable bonds is 3. The first-order valence-corrected chi connectivity index (χ1v) is 10.2. The molecule has 3 aromatic rings. The molecule has 2 aromatic carbocycles. The highest BCUT2D eigenvalue weighted by Crippen LogP contribution is 2.32. The minimum atomic E-state index is 0.645. The van der Waals surface area contributed by atoms with Gasteiger partial charge in [0.05, 0.1) is 11.4 Å². The second kappa shape index (κ2) is 7.75. The van der Waals surface area contributed by atoms with Crippen LogP contribution in [0.2, 0.25) is 15.1 Å². The third-order valence-electron chi connectivity index (χ3n) is 4.97. The van der Waals surface area contributed by atoms with Crippen LogP contribution >= 0.6 is 34.8 Å². The Morgan fingerprint density at radius 1 is 1.04 bits per heavy atom. The van der Waals surface area contributed by atoms with Gasteiger partial charge in [-0.05, 0) is 67.6 Å². The maximum absolute atomic E-state index is 6.41. The van der Waals surface area contributed by atoms with Crippen LogP contribution < -0.4 is 5.32 Å². The molecule has 0 amide bonds. The lowest BCUT2D eigenvalue weighted by molar-refractivity contribution is 0.767. The van der Waals surface area contributed by atoms with Gasteiger partial charge >= 0.3 is 0 Å². The Bertz CT molecular complexity index is 995. The Morgan fingerprint density at radius 2 is 1.81 bits per heavy atom. The number of nitrogens with zero attached hydrogens (tertiary/aromatic N) is 2. The highest BCUT2D eigenvalue weighted by Gasteiger charge is 2.22. The lowest BCUT2D eigenvalue weighted by Crippen LogP contribution is -2.08. The molecule has 27 heavy (non-hydrogen) atoms. The Hall–Kier alpha value is -1.68. The summed E-state index contributed by atoms with van der Waals surface area (Å²) in [6.45, 7) is 3.01. The van der Waals surface area contributed by atoms with Crippen molar-refractivity contribution in [3.05, 3.63) is 73.9 Å². The molecule has 1 aliphatic rings. The second-order valence-corrected chi connectivity index (χ2v) is 8.19. The average Bonchev–Trinajstić information content (AvgIpc) is 2.79. The van der Waals surface area contributed by atoms with E-state index in [2.05, 4.69) is 12.2 Å². The molecule has 6 heteroatoms. The van der Waals surface area contributed by atoms with E-state index in [0.29, 0.717) is 16.5 Å². The summed E-state index contributed by atoms with van der Waals surface area (Å²) in [5.74, 6) is 1.08. The Morgan fingerprint density at radius 3 is 2.59 bits per heavy atom. The van der Waals surface area contributed by atoms with Gasteiger partial charge in [-0.2, -0.15) is 5.10 Å². The third kappa shape index (κ3) is 3.82. The zero-order chi connectivity index (χ0) is 19.0.